The summed E-state index contributed by atoms with van der Waals surface area (Å²) in [7, 11) is 1.03. The molecule has 0 amide bonds. The van der Waals surface area contributed by atoms with E-state index < -0.39 is 16.0 Å². The number of esters is 1. The summed E-state index contributed by atoms with van der Waals surface area (Å²) >= 11 is 0. The van der Waals surface area contributed by atoms with Crippen molar-refractivity contribution in [2.24, 2.45) is 0 Å². The Balaban J connectivity index is 2.06. The number of carbonyl (C=O) groups excluding carboxylic acids is 1. The fourth-order valence-electron chi connectivity index (χ4n) is 2.08. The van der Waals surface area contributed by atoms with Crippen molar-refractivity contribution >= 4 is 16.0 Å². The number of nitrogens with zero attached hydrogens (tertiary/aromatic N) is 1. The Labute approximate surface area is 148 Å². The van der Waals surface area contributed by atoms with E-state index in [1.807, 2.05) is 12.1 Å². The minimum atomic E-state index is -3.52. The van der Waals surface area contributed by atoms with Gasteiger partial charge in [0.1, 0.15) is 5.75 Å². The zero-order valence-electron chi connectivity index (χ0n) is 14.4. The molecule has 0 aromatic heterocycles. The fourth-order valence-corrected chi connectivity index (χ4v) is 2.99. The van der Waals surface area contributed by atoms with E-state index in [9.17, 15) is 13.2 Å². The number of ether oxygens (including phenoxy) is 2. The number of benzene rings is 2. The van der Waals surface area contributed by atoms with Crippen LogP contribution in [0.15, 0.2) is 53.4 Å². The molecule has 0 saturated carbocycles. The highest BCUT2D eigenvalue weighted by Gasteiger charge is 2.18. The third-order valence-corrected chi connectivity index (χ3v) is 5.43. The summed E-state index contributed by atoms with van der Waals surface area (Å²) in [5, 5.41) is 0. The Morgan fingerprint density at radius 3 is 2.12 bits per heavy atom. The molecule has 0 saturated heterocycles. The summed E-state index contributed by atoms with van der Waals surface area (Å²) in [6, 6.07) is 12.8. The van der Waals surface area contributed by atoms with Crippen molar-refractivity contribution in [2.45, 2.75) is 11.3 Å². The predicted molar refractivity (Wildman–Crippen MR) is 94.3 cm³/mol. The molecular weight excluding hydrogens is 342 g/mol. The molecule has 0 aliphatic rings. The maximum absolute atomic E-state index is 12.2. The molecule has 0 heterocycles. The first-order valence-corrected chi connectivity index (χ1v) is 9.11. The quantitative estimate of drug-likeness (QED) is 0.558. The Morgan fingerprint density at radius 1 is 1.00 bits per heavy atom. The Kier molecular flexibility index (Phi) is 6.30. The lowest BCUT2D eigenvalue weighted by atomic mass is 10.1. The summed E-state index contributed by atoms with van der Waals surface area (Å²) in [4.78, 5) is 12.3. The lowest BCUT2D eigenvalue weighted by Crippen LogP contribution is -2.22. The molecule has 0 unspecified atom stereocenters. The van der Waals surface area contributed by atoms with Gasteiger partial charge in [0.05, 0.1) is 17.1 Å². The van der Waals surface area contributed by atoms with Crippen LogP contribution < -0.4 is 4.74 Å². The molecule has 25 heavy (non-hydrogen) atoms. The van der Waals surface area contributed by atoms with Gasteiger partial charge >= 0.3 is 5.97 Å². The van der Waals surface area contributed by atoms with E-state index in [-0.39, 0.29) is 10.5 Å². The van der Waals surface area contributed by atoms with Crippen molar-refractivity contribution in [3.05, 3.63) is 59.7 Å². The van der Waals surface area contributed by atoms with Crippen molar-refractivity contribution in [1.29, 1.82) is 0 Å². The molecule has 0 bridgehead atoms. The Morgan fingerprint density at radius 2 is 1.60 bits per heavy atom. The van der Waals surface area contributed by atoms with Gasteiger partial charge in [0, 0.05) is 21.2 Å². The van der Waals surface area contributed by atoms with E-state index in [0.29, 0.717) is 12.4 Å². The lowest BCUT2D eigenvalue weighted by molar-refractivity contribution is 0.0734. The average molecular weight is 363 g/mol. The second kappa shape index (κ2) is 8.24. The molecule has 0 aliphatic heterocycles. The minimum absolute atomic E-state index is 0.122. The molecule has 0 spiro atoms. The second-order valence-electron chi connectivity index (χ2n) is 5.59. The SMILES string of the molecule is COCCc1ccc(OC(=O)c2ccc(S(=O)(=O)N(C)C)cc2)cc1. The van der Waals surface area contributed by atoms with Crippen LogP contribution >= 0.6 is 0 Å². The Bertz CT molecular complexity index is 812. The van der Waals surface area contributed by atoms with Gasteiger partial charge < -0.3 is 9.47 Å². The third-order valence-electron chi connectivity index (χ3n) is 3.60. The average Bonchev–Trinajstić information content (AvgIpc) is 2.61. The van der Waals surface area contributed by atoms with Gasteiger partial charge in [-0.1, -0.05) is 12.1 Å². The van der Waals surface area contributed by atoms with Crippen LogP contribution in [0.1, 0.15) is 15.9 Å². The normalized spacial score (nSPS) is 11.5. The first-order valence-electron chi connectivity index (χ1n) is 7.67. The predicted octanol–water partition coefficient (Wildman–Crippen LogP) is 2.35. The molecule has 0 N–H and O–H groups in total. The Hall–Kier alpha value is -2.22. The maximum atomic E-state index is 12.2. The van der Waals surface area contributed by atoms with Crippen molar-refractivity contribution in [1.82, 2.24) is 4.31 Å². The number of methoxy groups -OCH3 is 1. The summed E-state index contributed by atoms with van der Waals surface area (Å²) in [5.41, 5.74) is 1.36. The molecule has 0 radical (unpaired) electrons. The topological polar surface area (TPSA) is 72.9 Å². The zero-order valence-corrected chi connectivity index (χ0v) is 15.2. The largest absolute Gasteiger partial charge is 0.423 e. The van der Waals surface area contributed by atoms with Crippen LogP contribution in [0.4, 0.5) is 0 Å². The molecule has 134 valence electrons. The van der Waals surface area contributed by atoms with Crippen molar-refractivity contribution in [2.75, 3.05) is 27.8 Å². The molecule has 0 atom stereocenters. The van der Waals surface area contributed by atoms with E-state index in [1.165, 1.54) is 38.4 Å². The first-order chi connectivity index (χ1) is 11.8. The molecule has 6 nitrogen and oxygen atoms in total. The molecule has 2 rings (SSSR count). The summed E-state index contributed by atoms with van der Waals surface area (Å²) < 4.78 is 35.5. The number of carbonyl (C=O) groups is 1. The fraction of sp³-hybridized carbons (Fsp3) is 0.278. The molecule has 2 aromatic carbocycles. The van der Waals surface area contributed by atoms with Crippen LogP contribution in [0, 0.1) is 0 Å². The number of hydrogen-bond donors (Lipinski definition) is 0. The second-order valence-corrected chi connectivity index (χ2v) is 7.74. The van der Waals surface area contributed by atoms with Crippen molar-refractivity contribution in [3.8, 4) is 5.75 Å². The minimum Gasteiger partial charge on any atom is -0.423 e. The molecular formula is C18H21NO5S. The molecule has 7 heteroatoms. The van der Waals surface area contributed by atoms with E-state index >= 15 is 0 Å². The summed E-state index contributed by atoms with van der Waals surface area (Å²) in [5.74, 6) is -0.116. The highest BCUT2D eigenvalue weighted by Crippen LogP contribution is 2.17. The smallest absolute Gasteiger partial charge is 0.343 e. The molecule has 0 fully saturated rings. The van der Waals surface area contributed by atoms with Crippen LogP contribution in [0.25, 0.3) is 0 Å². The molecule has 0 aliphatic carbocycles. The van der Waals surface area contributed by atoms with Crippen LogP contribution in [0.5, 0.6) is 5.75 Å². The zero-order chi connectivity index (χ0) is 18.4. The van der Waals surface area contributed by atoms with Crippen molar-refractivity contribution in [3.63, 3.8) is 0 Å². The van der Waals surface area contributed by atoms with Gasteiger partial charge in [0.2, 0.25) is 10.0 Å². The lowest BCUT2D eigenvalue weighted by Gasteiger charge is -2.11. The highest BCUT2D eigenvalue weighted by atomic mass is 32.2. The first kappa shape index (κ1) is 19.1. The summed E-state index contributed by atoms with van der Waals surface area (Å²) in [6.07, 6.45) is 0.784. The van der Waals surface area contributed by atoms with Gasteiger partial charge in [-0.05, 0) is 48.4 Å². The van der Waals surface area contributed by atoms with Crippen LogP contribution in [-0.4, -0.2) is 46.5 Å². The number of rotatable bonds is 7. The van der Waals surface area contributed by atoms with Crippen LogP contribution in [0.3, 0.4) is 0 Å². The monoisotopic (exact) mass is 363 g/mol. The van der Waals surface area contributed by atoms with E-state index in [0.717, 1.165) is 16.3 Å². The highest BCUT2D eigenvalue weighted by molar-refractivity contribution is 7.89. The van der Waals surface area contributed by atoms with E-state index in [1.54, 1.807) is 19.2 Å². The summed E-state index contributed by atoms with van der Waals surface area (Å²) in [6.45, 7) is 0.626. The van der Waals surface area contributed by atoms with Gasteiger partial charge in [-0.15, -0.1) is 0 Å². The van der Waals surface area contributed by atoms with Crippen LogP contribution in [0.2, 0.25) is 0 Å². The maximum Gasteiger partial charge on any atom is 0.343 e. The van der Waals surface area contributed by atoms with Gasteiger partial charge in [-0.25, -0.2) is 17.5 Å². The van der Waals surface area contributed by atoms with E-state index in [2.05, 4.69) is 0 Å². The number of sulfonamides is 1. The third kappa shape index (κ3) is 4.88. The van der Waals surface area contributed by atoms with Crippen LogP contribution in [-0.2, 0) is 21.2 Å². The van der Waals surface area contributed by atoms with E-state index in [4.69, 9.17) is 9.47 Å². The van der Waals surface area contributed by atoms with Gasteiger partial charge in [-0.3, -0.25) is 0 Å². The van der Waals surface area contributed by atoms with Crippen molar-refractivity contribution < 1.29 is 22.7 Å². The van der Waals surface area contributed by atoms with Gasteiger partial charge in [0.25, 0.3) is 0 Å². The number of hydrogen-bond acceptors (Lipinski definition) is 5. The van der Waals surface area contributed by atoms with Gasteiger partial charge in [-0.2, -0.15) is 0 Å². The van der Waals surface area contributed by atoms with Gasteiger partial charge in [0.15, 0.2) is 0 Å². The standard InChI is InChI=1S/C18H21NO5S/c1-19(2)25(21,22)17-10-6-15(7-11-17)18(20)24-16-8-4-14(5-9-16)12-13-23-3/h4-11H,12-13H2,1-3H3. The molecule has 2 aromatic rings.